The van der Waals surface area contributed by atoms with Crippen LogP contribution in [-0.2, 0) is 11.2 Å². The van der Waals surface area contributed by atoms with E-state index in [9.17, 15) is 14.4 Å². The molecular formula is C32H37NO5. The molecule has 0 unspecified atom stereocenters. The van der Waals surface area contributed by atoms with E-state index in [1.807, 2.05) is 19.1 Å². The molecule has 0 aliphatic heterocycles. The molecule has 0 saturated heterocycles. The van der Waals surface area contributed by atoms with Crippen molar-refractivity contribution in [3.05, 3.63) is 95.1 Å². The van der Waals surface area contributed by atoms with E-state index in [0.717, 1.165) is 29.7 Å². The molecule has 1 amide bonds. The second-order valence-corrected chi connectivity index (χ2v) is 9.48. The summed E-state index contributed by atoms with van der Waals surface area (Å²) in [4.78, 5) is 37.5. The van der Waals surface area contributed by atoms with Gasteiger partial charge in [-0.25, -0.2) is 4.79 Å². The van der Waals surface area contributed by atoms with Gasteiger partial charge in [0.2, 0.25) is 0 Å². The monoisotopic (exact) mass is 515 g/mol. The summed E-state index contributed by atoms with van der Waals surface area (Å²) < 4.78 is 11.3. The van der Waals surface area contributed by atoms with Crippen molar-refractivity contribution in [2.45, 2.75) is 65.3 Å². The van der Waals surface area contributed by atoms with Crippen LogP contribution >= 0.6 is 0 Å². The number of carbonyl (C=O) groups is 3. The number of rotatable bonds is 14. The summed E-state index contributed by atoms with van der Waals surface area (Å²) in [7, 11) is 0. The van der Waals surface area contributed by atoms with E-state index in [1.54, 1.807) is 60.7 Å². The number of esters is 1. The van der Waals surface area contributed by atoms with Crippen LogP contribution in [0.5, 0.6) is 11.5 Å². The Morgan fingerprint density at radius 1 is 0.816 bits per heavy atom. The molecule has 0 aliphatic carbocycles. The first-order chi connectivity index (χ1) is 18.4. The van der Waals surface area contributed by atoms with Gasteiger partial charge in [-0.15, -0.1) is 0 Å². The highest BCUT2D eigenvalue weighted by atomic mass is 16.5. The molecule has 0 saturated carbocycles. The summed E-state index contributed by atoms with van der Waals surface area (Å²) in [6.07, 6.45) is 6.22. The van der Waals surface area contributed by atoms with Crippen LogP contribution in [-0.4, -0.2) is 30.3 Å². The van der Waals surface area contributed by atoms with Gasteiger partial charge in [0.05, 0.1) is 18.2 Å². The third-order valence-electron chi connectivity index (χ3n) is 6.37. The number of ether oxygens (including phenoxy) is 2. The molecule has 0 radical (unpaired) electrons. The molecule has 200 valence electrons. The predicted octanol–water partition coefficient (Wildman–Crippen LogP) is 6.49. The largest absolute Gasteiger partial charge is 0.494 e. The van der Waals surface area contributed by atoms with Crippen LogP contribution in [0.2, 0.25) is 0 Å². The van der Waals surface area contributed by atoms with Crippen LogP contribution in [0.1, 0.15) is 77.8 Å². The number of hydrogen-bond donors (Lipinski definition) is 1. The third kappa shape index (κ3) is 8.87. The highest BCUT2D eigenvalue weighted by Crippen LogP contribution is 2.18. The zero-order valence-electron chi connectivity index (χ0n) is 22.5. The fraction of sp³-hybridized carbons (Fsp3) is 0.344. The van der Waals surface area contributed by atoms with E-state index in [0.29, 0.717) is 29.9 Å². The molecule has 0 aliphatic rings. The van der Waals surface area contributed by atoms with E-state index < -0.39 is 12.0 Å². The summed E-state index contributed by atoms with van der Waals surface area (Å²) in [6.45, 7) is 6.18. The molecule has 0 fully saturated rings. The molecular weight excluding hydrogens is 478 g/mol. The van der Waals surface area contributed by atoms with Crippen molar-refractivity contribution in [3.63, 3.8) is 0 Å². The van der Waals surface area contributed by atoms with Crippen molar-refractivity contribution in [3.8, 4) is 11.5 Å². The summed E-state index contributed by atoms with van der Waals surface area (Å²) in [5.74, 6) is 0.255. The molecule has 3 rings (SSSR count). The number of hydrogen-bond acceptors (Lipinski definition) is 5. The van der Waals surface area contributed by atoms with Gasteiger partial charge in [-0.2, -0.15) is 0 Å². The Kier molecular flexibility index (Phi) is 11.1. The Morgan fingerprint density at radius 3 is 2.13 bits per heavy atom. The van der Waals surface area contributed by atoms with Crippen LogP contribution < -0.4 is 14.8 Å². The van der Waals surface area contributed by atoms with Gasteiger partial charge in [-0.1, -0.05) is 62.9 Å². The van der Waals surface area contributed by atoms with Gasteiger partial charge in [-0.3, -0.25) is 9.59 Å². The van der Waals surface area contributed by atoms with Crippen LogP contribution in [0.3, 0.4) is 0 Å². The summed E-state index contributed by atoms with van der Waals surface area (Å²) in [5.41, 5.74) is 2.66. The molecule has 0 spiro atoms. The molecule has 6 nitrogen and oxygen atoms in total. The Bertz CT molecular complexity index is 1200. The van der Waals surface area contributed by atoms with Gasteiger partial charge in [-0.05, 0) is 80.3 Å². The first kappa shape index (κ1) is 28.6. The summed E-state index contributed by atoms with van der Waals surface area (Å²) in [5, 5.41) is 2.83. The number of carbonyl (C=O) groups excluding carboxylic acids is 3. The number of unbranched alkanes of at least 4 members (excludes halogenated alkanes) is 4. The highest BCUT2D eigenvalue weighted by molar-refractivity contribution is 5.98. The Balaban J connectivity index is 1.51. The van der Waals surface area contributed by atoms with E-state index in [4.69, 9.17) is 9.47 Å². The quantitative estimate of drug-likeness (QED) is 0.151. The lowest BCUT2D eigenvalue weighted by Gasteiger charge is -2.17. The average molecular weight is 516 g/mol. The van der Waals surface area contributed by atoms with Crippen molar-refractivity contribution in [2.75, 3.05) is 6.61 Å². The summed E-state index contributed by atoms with van der Waals surface area (Å²) in [6, 6.07) is 20.5. The second kappa shape index (κ2) is 14.7. The molecule has 1 N–H and O–H groups in total. The fourth-order valence-corrected chi connectivity index (χ4v) is 4.04. The number of ketones is 1. The third-order valence-corrected chi connectivity index (χ3v) is 6.37. The zero-order valence-corrected chi connectivity index (χ0v) is 22.5. The Hall–Kier alpha value is -3.93. The molecule has 3 aromatic carbocycles. The molecule has 0 bridgehead atoms. The Labute approximate surface area is 225 Å². The number of benzene rings is 3. The van der Waals surface area contributed by atoms with Crippen molar-refractivity contribution < 1.29 is 23.9 Å². The smallest absolute Gasteiger partial charge is 0.343 e. The molecule has 6 heteroatoms. The van der Waals surface area contributed by atoms with Gasteiger partial charge >= 0.3 is 5.97 Å². The van der Waals surface area contributed by atoms with E-state index >= 15 is 0 Å². The molecule has 0 aromatic heterocycles. The maximum atomic E-state index is 12.7. The minimum atomic E-state index is -0.660. The van der Waals surface area contributed by atoms with Gasteiger partial charge < -0.3 is 14.8 Å². The predicted molar refractivity (Wildman–Crippen MR) is 149 cm³/mol. The van der Waals surface area contributed by atoms with Crippen molar-refractivity contribution in [2.24, 2.45) is 0 Å². The van der Waals surface area contributed by atoms with E-state index in [2.05, 4.69) is 12.2 Å². The number of amides is 1. The fourth-order valence-electron chi connectivity index (χ4n) is 4.04. The second-order valence-electron chi connectivity index (χ2n) is 9.48. The molecule has 1 atom stereocenters. The molecule has 3 aromatic rings. The van der Waals surface area contributed by atoms with Crippen LogP contribution in [0.25, 0.3) is 0 Å². The first-order valence-electron chi connectivity index (χ1n) is 13.3. The van der Waals surface area contributed by atoms with Gasteiger partial charge in [0.25, 0.3) is 5.91 Å². The van der Waals surface area contributed by atoms with Crippen LogP contribution in [0.15, 0.2) is 72.8 Å². The standard InChI is InChI=1S/C32H37NO5/c1-4-5-6-7-10-21-37-27-19-15-26(16-20-27)32(36)38-28-17-13-25(14-18-28)22-30(24(3)34)33-31(35)29-12-9-8-11-23(29)2/h8-9,11-20,30H,4-7,10,21-22H2,1-3H3,(H,33,35)/t30-/m0/s1. The average Bonchev–Trinajstić information content (AvgIpc) is 2.91. The lowest BCUT2D eigenvalue weighted by molar-refractivity contribution is -0.118. The Morgan fingerprint density at radius 2 is 1.47 bits per heavy atom. The van der Waals surface area contributed by atoms with Crippen molar-refractivity contribution in [1.29, 1.82) is 0 Å². The lowest BCUT2D eigenvalue weighted by atomic mass is 10.0. The zero-order chi connectivity index (χ0) is 27.3. The van der Waals surface area contributed by atoms with Crippen LogP contribution in [0, 0.1) is 6.92 Å². The maximum Gasteiger partial charge on any atom is 0.343 e. The van der Waals surface area contributed by atoms with E-state index in [-0.39, 0.29) is 11.7 Å². The SMILES string of the molecule is CCCCCCCOc1ccc(C(=O)Oc2ccc(C[C@H](NC(=O)c3ccccc3C)C(C)=O)cc2)cc1. The number of nitrogens with one attached hydrogen (secondary N) is 1. The lowest BCUT2D eigenvalue weighted by Crippen LogP contribution is -2.41. The minimum absolute atomic E-state index is 0.133. The number of Topliss-reactive ketones (excluding diaryl/α,β-unsaturated/α-hetero) is 1. The topological polar surface area (TPSA) is 81.7 Å². The normalized spacial score (nSPS) is 11.4. The van der Waals surface area contributed by atoms with Gasteiger partial charge in [0.1, 0.15) is 11.5 Å². The number of aryl methyl sites for hydroxylation is 1. The van der Waals surface area contributed by atoms with Gasteiger partial charge in [0.15, 0.2) is 5.78 Å². The first-order valence-corrected chi connectivity index (χ1v) is 13.3. The summed E-state index contributed by atoms with van der Waals surface area (Å²) >= 11 is 0. The maximum absolute atomic E-state index is 12.7. The van der Waals surface area contributed by atoms with Gasteiger partial charge in [0, 0.05) is 5.56 Å². The molecule has 38 heavy (non-hydrogen) atoms. The molecule has 0 heterocycles. The van der Waals surface area contributed by atoms with Crippen molar-refractivity contribution >= 4 is 17.7 Å². The van der Waals surface area contributed by atoms with E-state index in [1.165, 1.54) is 26.2 Å². The minimum Gasteiger partial charge on any atom is -0.494 e. The highest BCUT2D eigenvalue weighted by Gasteiger charge is 2.19. The van der Waals surface area contributed by atoms with Crippen molar-refractivity contribution in [1.82, 2.24) is 5.32 Å². The van der Waals surface area contributed by atoms with Crippen LogP contribution in [0.4, 0.5) is 0 Å².